The van der Waals surface area contributed by atoms with Crippen molar-refractivity contribution in [2.45, 2.75) is 23.8 Å². The van der Waals surface area contributed by atoms with Crippen LogP contribution in [0.3, 0.4) is 0 Å². The molecule has 2 heterocycles. The number of ether oxygens (including phenoxy) is 1. The van der Waals surface area contributed by atoms with Gasteiger partial charge in [0.2, 0.25) is 0 Å². The Morgan fingerprint density at radius 2 is 1.89 bits per heavy atom. The van der Waals surface area contributed by atoms with E-state index in [-0.39, 0.29) is 5.70 Å². The van der Waals surface area contributed by atoms with Gasteiger partial charge in [-0.15, -0.1) is 0 Å². The molecule has 6 heteroatoms. The minimum Gasteiger partial charge on any atom is -0.407 e. The number of benzene rings is 2. The van der Waals surface area contributed by atoms with Crippen LogP contribution in [0.25, 0.3) is 17.0 Å². The number of pyridine rings is 1. The molecule has 0 saturated heterocycles. The first-order valence-electron chi connectivity index (χ1n) is 8.32. The maximum Gasteiger partial charge on any atom is 0.363 e. The third kappa shape index (κ3) is 3.75. The van der Waals surface area contributed by atoms with Gasteiger partial charge in [-0.25, -0.2) is 14.8 Å². The Morgan fingerprint density at radius 1 is 1.11 bits per heavy atom. The molecule has 0 radical (unpaired) electrons. The highest BCUT2D eigenvalue weighted by Crippen LogP contribution is 2.34. The van der Waals surface area contributed by atoms with Crippen LogP contribution < -0.4 is 0 Å². The molecular weight excluding hydrogens is 380 g/mol. The molecule has 3 aromatic rings. The smallest absolute Gasteiger partial charge is 0.363 e. The van der Waals surface area contributed by atoms with Gasteiger partial charge in [0.15, 0.2) is 11.6 Å². The van der Waals surface area contributed by atoms with E-state index in [9.17, 15) is 4.79 Å². The Hall–Kier alpha value is -2.63. The number of cyclic esters (lactones) is 1. The molecule has 0 bridgehead atoms. The third-order valence-corrected chi connectivity index (χ3v) is 5.37. The summed E-state index contributed by atoms with van der Waals surface area (Å²) >= 11 is 7.50. The fourth-order valence-corrected chi connectivity index (χ4v) is 3.80. The van der Waals surface area contributed by atoms with Crippen LogP contribution in [-0.2, 0) is 9.53 Å². The largest absolute Gasteiger partial charge is 0.407 e. The number of hydrogen-bond donors (Lipinski definition) is 0. The minimum atomic E-state index is -0.445. The first kappa shape index (κ1) is 17.8. The van der Waals surface area contributed by atoms with E-state index < -0.39 is 5.97 Å². The molecule has 1 aromatic heterocycles. The van der Waals surface area contributed by atoms with Gasteiger partial charge in [-0.05, 0) is 48.9 Å². The lowest BCUT2D eigenvalue weighted by atomic mass is 10.1. The Kier molecular flexibility index (Phi) is 4.72. The van der Waals surface area contributed by atoms with E-state index in [0.717, 1.165) is 32.0 Å². The predicted molar refractivity (Wildman–Crippen MR) is 109 cm³/mol. The van der Waals surface area contributed by atoms with Crippen molar-refractivity contribution in [3.05, 3.63) is 70.4 Å². The minimum absolute atomic E-state index is 0.277. The Balaban J connectivity index is 1.86. The molecule has 0 aliphatic carbocycles. The lowest BCUT2D eigenvalue weighted by Crippen LogP contribution is -2.00. The molecule has 134 valence electrons. The zero-order valence-electron chi connectivity index (χ0n) is 14.7. The number of halogens is 1. The number of aliphatic imine (C=N–C) groups is 1. The van der Waals surface area contributed by atoms with E-state index in [1.807, 2.05) is 55.5 Å². The van der Waals surface area contributed by atoms with E-state index in [4.69, 9.17) is 21.3 Å². The van der Waals surface area contributed by atoms with Crippen LogP contribution in [0, 0.1) is 6.92 Å². The van der Waals surface area contributed by atoms with Gasteiger partial charge in [-0.1, -0.05) is 41.6 Å². The second kappa shape index (κ2) is 7.18. The average molecular weight is 395 g/mol. The topological polar surface area (TPSA) is 51.5 Å². The average Bonchev–Trinajstić information content (AvgIpc) is 2.95. The first-order valence-corrected chi connectivity index (χ1v) is 9.52. The van der Waals surface area contributed by atoms with Gasteiger partial charge >= 0.3 is 5.97 Å². The van der Waals surface area contributed by atoms with Crippen LogP contribution in [0.1, 0.15) is 18.1 Å². The maximum atomic E-state index is 12.0. The zero-order valence-corrected chi connectivity index (χ0v) is 16.3. The van der Waals surface area contributed by atoms with Gasteiger partial charge in [0.05, 0.1) is 5.52 Å². The number of esters is 1. The summed E-state index contributed by atoms with van der Waals surface area (Å²) in [5, 5.41) is 2.48. The van der Waals surface area contributed by atoms with Gasteiger partial charge in [-0.3, -0.25) is 0 Å². The molecule has 0 amide bonds. The molecule has 1 aliphatic rings. The number of hydrogen-bond acceptors (Lipinski definition) is 5. The highest BCUT2D eigenvalue weighted by atomic mass is 35.5. The predicted octanol–water partition coefficient (Wildman–Crippen LogP) is 5.66. The number of aromatic nitrogens is 1. The molecule has 0 atom stereocenters. The number of carbonyl (C=O) groups excluding carboxylic acids is 1. The SMILES string of the molecule is CC1=N/C(=C/c2cc3cccc(C)c3nc2Sc2ccc(Cl)cc2)C(=O)O1. The molecule has 4 rings (SSSR count). The van der Waals surface area contributed by atoms with Crippen molar-refractivity contribution < 1.29 is 9.53 Å². The van der Waals surface area contributed by atoms with E-state index in [0.29, 0.717) is 10.9 Å². The Morgan fingerprint density at radius 3 is 2.59 bits per heavy atom. The molecule has 27 heavy (non-hydrogen) atoms. The second-order valence-corrected chi connectivity index (χ2v) is 7.63. The monoisotopic (exact) mass is 394 g/mol. The number of fused-ring (bicyclic) bond motifs is 1. The zero-order chi connectivity index (χ0) is 19.0. The summed E-state index contributed by atoms with van der Waals surface area (Å²) in [7, 11) is 0. The first-order chi connectivity index (χ1) is 13.0. The second-order valence-electron chi connectivity index (χ2n) is 6.14. The van der Waals surface area contributed by atoms with Crippen molar-refractivity contribution in [1.82, 2.24) is 4.98 Å². The van der Waals surface area contributed by atoms with Crippen LogP contribution in [0.5, 0.6) is 0 Å². The molecular formula is C21H15ClN2O2S. The summed E-state index contributed by atoms with van der Waals surface area (Å²) in [5.74, 6) is -0.0953. The van der Waals surface area contributed by atoms with Gasteiger partial charge in [0.25, 0.3) is 0 Å². The lowest BCUT2D eigenvalue weighted by molar-refractivity contribution is -0.130. The van der Waals surface area contributed by atoms with Crippen molar-refractivity contribution in [1.29, 1.82) is 0 Å². The summed E-state index contributed by atoms with van der Waals surface area (Å²) < 4.78 is 5.02. The fourth-order valence-electron chi connectivity index (χ4n) is 2.81. The van der Waals surface area contributed by atoms with Gasteiger partial charge in [0.1, 0.15) is 5.03 Å². The van der Waals surface area contributed by atoms with Crippen LogP contribution >= 0.6 is 23.4 Å². The van der Waals surface area contributed by atoms with Crippen molar-refractivity contribution >= 4 is 52.2 Å². The number of aryl methyl sites for hydroxylation is 1. The number of rotatable bonds is 3. The summed E-state index contributed by atoms with van der Waals surface area (Å²) in [5.41, 5.74) is 3.13. The Bertz CT molecular complexity index is 1120. The maximum absolute atomic E-state index is 12.0. The van der Waals surface area contributed by atoms with Gasteiger partial charge in [0, 0.05) is 27.8 Å². The van der Waals surface area contributed by atoms with E-state index in [1.165, 1.54) is 11.8 Å². The number of para-hydroxylation sites is 1. The molecule has 1 aliphatic heterocycles. The van der Waals surface area contributed by atoms with Crippen molar-refractivity contribution in [2.75, 3.05) is 0 Å². The molecule has 4 nitrogen and oxygen atoms in total. The quantitative estimate of drug-likeness (QED) is 0.424. The molecule has 0 fully saturated rings. The van der Waals surface area contributed by atoms with E-state index in [2.05, 4.69) is 4.99 Å². The molecule has 0 saturated carbocycles. The van der Waals surface area contributed by atoms with E-state index in [1.54, 1.807) is 13.0 Å². The normalized spacial score (nSPS) is 15.3. The molecule has 0 spiro atoms. The van der Waals surface area contributed by atoms with E-state index >= 15 is 0 Å². The lowest BCUT2D eigenvalue weighted by Gasteiger charge is -2.09. The third-order valence-electron chi connectivity index (χ3n) is 4.09. The highest BCUT2D eigenvalue weighted by Gasteiger charge is 2.21. The molecule has 2 aromatic carbocycles. The fraction of sp³-hybridized carbons (Fsp3) is 0.0952. The highest BCUT2D eigenvalue weighted by molar-refractivity contribution is 7.99. The standard InChI is InChI=1S/C21H15ClN2O2S/c1-12-4-3-5-14-10-15(11-18-21(25)26-13(2)23-18)20(24-19(12)14)27-17-8-6-16(22)7-9-17/h3-11H,1-2H3/b18-11+. The molecule has 0 N–H and O–H groups in total. The van der Waals surface area contributed by atoms with Crippen molar-refractivity contribution in [3.8, 4) is 0 Å². The summed E-state index contributed by atoms with van der Waals surface area (Å²) in [6.07, 6.45) is 1.73. The van der Waals surface area contributed by atoms with Crippen molar-refractivity contribution in [3.63, 3.8) is 0 Å². The summed E-state index contributed by atoms with van der Waals surface area (Å²) in [4.78, 5) is 22.0. The van der Waals surface area contributed by atoms with Gasteiger partial charge < -0.3 is 4.74 Å². The van der Waals surface area contributed by atoms with Crippen LogP contribution in [0.2, 0.25) is 5.02 Å². The van der Waals surface area contributed by atoms with Crippen LogP contribution in [-0.4, -0.2) is 16.9 Å². The van der Waals surface area contributed by atoms with Gasteiger partial charge in [-0.2, -0.15) is 0 Å². The van der Waals surface area contributed by atoms with Crippen LogP contribution in [0.15, 0.2) is 69.1 Å². The Labute approximate surface area is 165 Å². The number of nitrogens with zero attached hydrogens (tertiary/aromatic N) is 2. The summed E-state index contributed by atoms with van der Waals surface area (Å²) in [6, 6.07) is 15.6. The van der Waals surface area contributed by atoms with Crippen LogP contribution in [0.4, 0.5) is 0 Å². The molecule has 0 unspecified atom stereocenters. The number of carbonyl (C=O) groups is 1. The van der Waals surface area contributed by atoms with Crippen molar-refractivity contribution in [2.24, 2.45) is 4.99 Å². The summed E-state index contributed by atoms with van der Waals surface area (Å²) in [6.45, 7) is 3.69.